The van der Waals surface area contributed by atoms with Gasteiger partial charge >= 0.3 is 0 Å². The molecular formula is C16H26N2O2. The molecule has 4 heteroatoms. The Morgan fingerprint density at radius 1 is 1.30 bits per heavy atom. The van der Waals surface area contributed by atoms with Crippen LogP contribution in [0, 0.1) is 0 Å². The van der Waals surface area contributed by atoms with Gasteiger partial charge in [0.05, 0.1) is 0 Å². The number of hydrogen-bond donors (Lipinski definition) is 2. The molecule has 0 aliphatic rings. The van der Waals surface area contributed by atoms with Crippen LogP contribution in [0.4, 0.5) is 0 Å². The summed E-state index contributed by atoms with van der Waals surface area (Å²) in [5, 5.41) is 2.89. The summed E-state index contributed by atoms with van der Waals surface area (Å²) in [6.07, 6.45) is 0.366. The number of nitrogens with two attached hydrogens (primary N) is 1. The molecule has 1 rings (SSSR count). The van der Waals surface area contributed by atoms with E-state index in [9.17, 15) is 4.79 Å². The summed E-state index contributed by atoms with van der Waals surface area (Å²) in [6.45, 7) is 9.62. The van der Waals surface area contributed by atoms with Crippen molar-refractivity contribution in [1.29, 1.82) is 0 Å². The largest absolute Gasteiger partial charge is 0.481 e. The molecule has 0 spiro atoms. The Labute approximate surface area is 121 Å². The molecule has 1 amide bonds. The zero-order chi connectivity index (χ0) is 15.3. The van der Waals surface area contributed by atoms with Crippen LogP contribution in [0.5, 0.6) is 5.75 Å². The maximum absolute atomic E-state index is 11.9. The first-order valence-electron chi connectivity index (χ1n) is 7.07. The smallest absolute Gasteiger partial charge is 0.261 e. The number of carbonyl (C=O) groups excluding carboxylic acids is 1. The minimum absolute atomic E-state index is 0.0469. The molecule has 1 aromatic rings. The fraction of sp³-hybridized carbons (Fsp3) is 0.562. The molecule has 0 saturated carbocycles. The van der Waals surface area contributed by atoms with E-state index in [1.807, 2.05) is 52.0 Å². The first-order chi connectivity index (χ1) is 9.23. The van der Waals surface area contributed by atoms with Gasteiger partial charge in [-0.1, -0.05) is 19.1 Å². The molecule has 0 aliphatic carbocycles. The maximum Gasteiger partial charge on any atom is 0.261 e. The lowest BCUT2D eigenvalue weighted by Crippen LogP contribution is -2.46. The van der Waals surface area contributed by atoms with Crippen LogP contribution in [0.25, 0.3) is 0 Å². The van der Waals surface area contributed by atoms with Crippen molar-refractivity contribution in [2.24, 2.45) is 5.73 Å². The number of benzene rings is 1. The predicted octanol–water partition coefficient (Wildman–Crippen LogP) is 2.78. The molecule has 0 radical (unpaired) electrons. The molecule has 3 N–H and O–H groups in total. The summed E-state index contributed by atoms with van der Waals surface area (Å²) < 4.78 is 5.64. The number of rotatable bonds is 5. The Morgan fingerprint density at radius 2 is 1.85 bits per heavy atom. The van der Waals surface area contributed by atoms with E-state index in [0.29, 0.717) is 5.75 Å². The molecule has 0 saturated heterocycles. The van der Waals surface area contributed by atoms with Gasteiger partial charge in [-0.15, -0.1) is 0 Å². The normalized spacial score (nSPS) is 14.5. The predicted molar refractivity (Wildman–Crippen MR) is 81.6 cm³/mol. The Bertz CT molecular complexity index is 435. The van der Waals surface area contributed by atoms with Gasteiger partial charge in [0, 0.05) is 11.6 Å². The summed E-state index contributed by atoms with van der Waals surface area (Å²) >= 11 is 0. The molecule has 0 aliphatic heterocycles. The molecule has 0 heterocycles. The standard InChI is InChI=1S/C16H26N2O2/c1-6-14(17)12-7-9-13(10-8-12)20-11(2)15(19)18-16(3,4)5/h7-11,14H,6,17H2,1-5H3,(H,18,19)/t11?,14-/m0/s1. The van der Waals surface area contributed by atoms with Gasteiger partial charge < -0.3 is 15.8 Å². The average molecular weight is 278 g/mol. The monoisotopic (exact) mass is 278 g/mol. The number of carbonyl (C=O) groups is 1. The highest BCUT2D eigenvalue weighted by Crippen LogP contribution is 2.19. The second-order valence-corrected chi connectivity index (χ2v) is 6.08. The highest BCUT2D eigenvalue weighted by atomic mass is 16.5. The first kappa shape index (κ1) is 16.5. The van der Waals surface area contributed by atoms with E-state index in [2.05, 4.69) is 5.32 Å². The lowest BCUT2D eigenvalue weighted by atomic mass is 10.1. The number of ether oxygens (including phenoxy) is 1. The molecular weight excluding hydrogens is 252 g/mol. The van der Waals surface area contributed by atoms with E-state index in [1.165, 1.54) is 0 Å². The summed E-state index contributed by atoms with van der Waals surface area (Å²) in [5.41, 5.74) is 6.78. The minimum atomic E-state index is -0.528. The van der Waals surface area contributed by atoms with Gasteiger partial charge in [-0.05, 0) is 51.8 Å². The average Bonchev–Trinajstić information content (AvgIpc) is 2.36. The molecule has 4 nitrogen and oxygen atoms in total. The Morgan fingerprint density at radius 3 is 2.30 bits per heavy atom. The van der Waals surface area contributed by atoms with Crippen LogP contribution >= 0.6 is 0 Å². The van der Waals surface area contributed by atoms with Gasteiger partial charge in [0.15, 0.2) is 6.10 Å². The molecule has 0 aromatic heterocycles. The molecule has 1 aromatic carbocycles. The van der Waals surface area contributed by atoms with Crippen molar-refractivity contribution < 1.29 is 9.53 Å². The molecule has 1 unspecified atom stereocenters. The van der Waals surface area contributed by atoms with E-state index < -0.39 is 6.10 Å². The number of hydrogen-bond acceptors (Lipinski definition) is 3. The van der Waals surface area contributed by atoms with Crippen LogP contribution in [0.15, 0.2) is 24.3 Å². The van der Waals surface area contributed by atoms with Crippen LogP contribution in [0.2, 0.25) is 0 Å². The third-order valence-corrected chi connectivity index (χ3v) is 2.93. The third kappa shape index (κ3) is 5.21. The first-order valence-corrected chi connectivity index (χ1v) is 7.07. The Kier molecular flexibility index (Phi) is 5.57. The van der Waals surface area contributed by atoms with Gasteiger partial charge in [-0.3, -0.25) is 4.79 Å². The fourth-order valence-corrected chi connectivity index (χ4v) is 1.76. The van der Waals surface area contributed by atoms with E-state index in [0.717, 1.165) is 12.0 Å². The van der Waals surface area contributed by atoms with E-state index >= 15 is 0 Å². The molecule has 112 valence electrons. The van der Waals surface area contributed by atoms with Crippen LogP contribution in [0.3, 0.4) is 0 Å². The zero-order valence-electron chi connectivity index (χ0n) is 13.1. The Balaban J connectivity index is 2.62. The number of amides is 1. The molecule has 0 bridgehead atoms. The lowest BCUT2D eigenvalue weighted by Gasteiger charge is -2.23. The molecule has 2 atom stereocenters. The summed E-state index contributed by atoms with van der Waals surface area (Å²) in [6, 6.07) is 7.64. The van der Waals surface area contributed by atoms with Gasteiger partial charge in [0.2, 0.25) is 0 Å². The SMILES string of the molecule is CC[C@H](N)c1ccc(OC(C)C(=O)NC(C)(C)C)cc1. The molecule has 0 fully saturated rings. The van der Waals surface area contributed by atoms with Crippen molar-refractivity contribution in [2.75, 3.05) is 0 Å². The van der Waals surface area contributed by atoms with Gasteiger partial charge in [-0.2, -0.15) is 0 Å². The third-order valence-electron chi connectivity index (χ3n) is 2.93. The van der Waals surface area contributed by atoms with Crippen molar-refractivity contribution >= 4 is 5.91 Å². The zero-order valence-corrected chi connectivity index (χ0v) is 13.1. The maximum atomic E-state index is 11.9. The van der Waals surface area contributed by atoms with Crippen LogP contribution < -0.4 is 15.8 Å². The topological polar surface area (TPSA) is 64.3 Å². The summed E-state index contributed by atoms with van der Waals surface area (Å²) in [5.74, 6) is 0.556. The van der Waals surface area contributed by atoms with Gasteiger partial charge in [-0.25, -0.2) is 0 Å². The second-order valence-electron chi connectivity index (χ2n) is 6.08. The highest BCUT2D eigenvalue weighted by molar-refractivity contribution is 5.81. The van der Waals surface area contributed by atoms with Crippen molar-refractivity contribution in [3.8, 4) is 5.75 Å². The molecule has 20 heavy (non-hydrogen) atoms. The van der Waals surface area contributed by atoms with E-state index in [-0.39, 0.29) is 17.5 Å². The van der Waals surface area contributed by atoms with Crippen LogP contribution in [0.1, 0.15) is 52.6 Å². The van der Waals surface area contributed by atoms with Crippen molar-refractivity contribution in [1.82, 2.24) is 5.32 Å². The van der Waals surface area contributed by atoms with Crippen molar-refractivity contribution in [3.63, 3.8) is 0 Å². The van der Waals surface area contributed by atoms with E-state index in [1.54, 1.807) is 6.92 Å². The van der Waals surface area contributed by atoms with Crippen LogP contribution in [-0.4, -0.2) is 17.6 Å². The lowest BCUT2D eigenvalue weighted by molar-refractivity contribution is -0.128. The summed E-state index contributed by atoms with van der Waals surface area (Å²) in [7, 11) is 0. The minimum Gasteiger partial charge on any atom is -0.481 e. The summed E-state index contributed by atoms with van der Waals surface area (Å²) in [4.78, 5) is 11.9. The van der Waals surface area contributed by atoms with Gasteiger partial charge in [0.25, 0.3) is 5.91 Å². The Hall–Kier alpha value is -1.55. The van der Waals surface area contributed by atoms with E-state index in [4.69, 9.17) is 10.5 Å². The van der Waals surface area contributed by atoms with Crippen molar-refractivity contribution in [2.45, 2.75) is 58.7 Å². The van der Waals surface area contributed by atoms with Crippen LogP contribution in [-0.2, 0) is 4.79 Å². The fourth-order valence-electron chi connectivity index (χ4n) is 1.76. The quantitative estimate of drug-likeness (QED) is 0.870. The van der Waals surface area contributed by atoms with Crippen molar-refractivity contribution in [3.05, 3.63) is 29.8 Å². The number of nitrogens with one attached hydrogen (secondary N) is 1. The second kappa shape index (κ2) is 6.75. The highest BCUT2D eigenvalue weighted by Gasteiger charge is 2.20. The van der Waals surface area contributed by atoms with Gasteiger partial charge in [0.1, 0.15) is 5.75 Å².